The fourth-order valence-corrected chi connectivity index (χ4v) is 3.29. The molecule has 2 aromatic rings. The van der Waals surface area contributed by atoms with Crippen molar-refractivity contribution in [1.29, 1.82) is 0 Å². The standard InChI is InChI=1S/C16H17ClO3S/c1-13-12-15(9-10-16(13)21(17,18)19)20-11-5-8-14-6-3-2-4-7-14/h2-4,6-7,9-10,12H,5,8,11H2,1H3. The van der Waals surface area contributed by atoms with Crippen molar-refractivity contribution in [2.24, 2.45) is 0 Å². The maximum Gasteiger partial charge on any atom is 0.261 e. The summed E-state index contributed by atoms with van der Waals surface area (Å²) in [5, 5.41) is 0. The van der Waals surface area contributed by atoms with Crippen LogP contribution in [0.3, 0.4) is 0 Å². The first kappa shape index (κ1) is 15.9. The molecule has 0 aliphatic rings. The lowest BCUT2D eigenvalue weighted by atomic mass is 10.1. The van der Waals surface area contributed by atoms with Gasteiger partial charge >= 0.3 is 0 Å². The highest BCUT2D eigenvalue weighted by atomic mass is 35.7. The Morgan fingerprint density at radius 3 is 2.43 bits per heavy atom. The van der Waals surface area contributed by atoms with Gasteiger partial charge in [-0.2, -0.15) is 0 Å². The topological polar surface area (TPSA) is 43.4 Å². The molecule has 0 saturated heterocycles. The number of hydrogen-bond donors (Lipinski definition) is 0. The smallest absolute Gasteiger partial charge is 0.261 e. The predicted octanol–water partition coefficient (Wildman–Crippen LogP) is 3.93. The zero-order chi connectivity index (χ0) is 15.3. The second-order valence-corrected chi connectivity index (χ2v) is 7.34. The summed E-state index contributed by atoms with van der Waals surface area (Å²) < 4.78 is 28.3. The lowest BCUT2D eigenvalue weighted by molar-refractivity contribution is 0.310. The number of halogens is 1. The van der Waals surface area contributed by atoms with Crippen LogP contribution in [0.1, 0.15) is 17.5 Å². The number of aryl methyl sites for hydroxylation is 2. The minimum atomic E-state index is -3.69. The Hall–Kier alpha value is -1.52. The molecular weight excluding hydrogens is 308 g/mol. The molecule has 0 aliphatic carbocycles. The van der Waals surface area contributed by atoms with Gasteiger partial charge in [0.15, 0.2) is 0 Å². The van der Waals surface area contributed by atoms with Gasteiger partial charge in [0.05, 0.1) is 11.5 Å². The van der Waals surface area contributed by atoms with Crippen molar-refractivity contribution in [3.63, 3.8) is 0 Å². The second-order valence-electron chi connectivity index (χ2n) is 4.80. The molecule has 112 valence electrons. The number of hydrogen-bond acceptors (Lipinski definition) is 3. The van der Waals surface area contributed by atoms with E-state index < -0.39 is 9.05 Å². The minimum absolute atomic E-state index is 0.126. The van der Waals surface area contributed by atoms with Crippen LogP contribution in [0.5, 0.6) is 5.75 Å². The molecule has 0 aromatic heterocycles. The van der Waals surface area contributed by atoms with E-state index in [0.29, 0.717) is 17.9 Å². The quantitative estimate of drug-likeness (QED) is 0.597. The van der Waals surface area contributed by atoms with Crippen molar-refractivity contribution in [1.82, 2.24) is 0 Å². The molecule has 0 saturated carbocycles. The third-order valence-electron chi connectivity index (χ3n) is 3.13. The first-order chi connectivity index (χ1) is 9.97. The maximum absolute atomic E-state index is 11.3. The molecule has 0 amide bonds. The van der Waals surface area contributed by atoms with Crippen LogP contribution in [-0.4, -0.2) is 15.0 Å². The van der Waals surface area contributed by atoms with Crippen molar-refractivity contribution < 1.29 is 13.2 Å². The van der Waals surface area contributed by atoms with Crippen LogP contribution in [0.15, 0.2) is 53.4 Å². The maximum atomic E-state index is 11.3. The van der Waals surface area contributed by atoms with Gasteiger partial charge in [0, 0.05) is 10.7 Å². The summed E-state index contributed by atoms with van der Waals surface area (Å²) in [7, 11) is 1.65. The molecule has 0 fully saturated rings. The van der Waals surface area contributed by atoms with Gasteiger partial charge in [0.2, 0.25) is 0 Å². The lowest BCUT2D eigenvalue weighted by Crippen LogP contribution is -2.01. The van der Waals surface area contributed by atoms with Crippen molar-refractivity contribution in [3.8, 4) is 5.75 Å². The van der Waals surface area contributed by atoms with Crippen molar-refractivity contribution in [2.75, 3.05) is 6.61 Å². The summed E-state index contributed by atoms with van der Waals surface area (Å²) in [6.45, 7) is 2.29. The van der Waals surface area contributed by atoms with Gasteiger partial charge in [0.25, 0.3) is 9.05 Å². The predicted molar refractivity (Wildman–Crippen MR) is 84.5 cm³/mol. The number of ether oxygens (including phenoxy) is 1. The molecule has 2 aromatic carbocycles. The van der Waals surface area contributed by atoms with Crippen molar-refractivity contribution in [2.45, 2.75) is 24.7 Å². The fraction of sp³-hybridized carbons (Fsp3) is 0.250. The first-order valence-corrected chi connectivity index (χ1v) is 9.00. The highest BCUT2D eigenvalue weighted by Crippen LogP contribution is 2.24. The minimum Gasteiger partial charge on any atom is -0.494 e. The summed E-state index contributed by atoms with van der Waals surface area (Å²) in [5.41, 5.74) is 1.87. The summed E-state index contributed by atoms with van der Waals surface area (Å²) in [6.07, 6.45) is 1.85. The Morgan fingerprint density at radius 1 is 1.10 bits per heavy atom. The highest BCUT2D eigenvalue weighted by molar-refractivity contribution is 8.13. The summed E-state index contributed by atoms with van der Waals surface area (Å²) in [5.74, 6) is 0.657. The van der Waals surface area contributed by atoms with E-state index in [9.17, 15) is 8.42 Å². The molecule has 0 atom stereocenters. The van der Waals surface area contributed by atoms with Gasteiger partial charge in [-0.3, -0.25) is 0 Å². The van der Waals surface area contributed by atoms with E-state index in [2.05, 4.69) is 12.1 Å². The van der Waals surface area contributed by atoms with Crippen LogP contribution >= 0.6 is 10.7 Å². The molecule has 5 heteroatoms. The molecule has 0 heterocycles. The Morgan fingerprint density at radius 2 is 1.81 bits per heavy atom. The zero-order valence-corrected chi connectivity index (χ0v) is 13.3. The Balaban J connectivity index is 1.88. The first-order valence-electron chi connectivity index (χ1n) is 6.69. The lowest BCUT2D eigenvalue weighted by Gasteiger charge is -2.09. The van der Waals surface area contributed by atoms with Crippen molar-refractivity contribution in [3.05, 3.63) is 59.7 Å². The molecule has 3 nitrogen and oxygen atoms in total. The van der Waals surface area contributed by atoms with Crippen LogP contribution in [0.25, 0.3) is 0 Å². The van der Waals surface area contributed by atoms with E-state index in [4.69, 9.17) is 15.4 Å². The van der Waals surface area contributed by atoms with E-state index in [1.807, 2.05) is 18.2 Å². The third kappa shape index (κ3) is 4.76. The van der Waals surface area contributed by atoms with E-state index in [1.165, 1.54) is 11.6 Å². The van der Waals surface area contributed by atoms with Gasteiger partial charge in [0.1, 0.15) is 5.75 Å². The molecule has 0 radical (unpaired) electrons. The monoisotopic (exact) mass is 324 g/mol. The average molecular weight is 325 g/mol. The molecule has 0 unspecified atom stereocenters. The van der Waals surface area contributed by atoms with Gasteiger partial charge in [-0.15, -0.1) is 0 Å². The normalized spacial score (nSPS) is 11.3. The van der Waals surface area contributed by atoms with Crippen LogP contribution in [0.4, 0.5) is 0 Å². The largest absolute Gasteiger partial charge is 0.494 e. The third-order valence-corrected chi connectivity index (χ3v) is 4.61. The zero-order valence-electron chi connectivity index (χ0n) is 11.8. The summed E-state index contributed by atoms with van der Waals surface area (Å²) in [4.78, 5) is 0.126. The van der Waals surface area contributed by atoms with Gasteiger partial charge in [-0.25, -0.2) is 8.42 Å². The van der Waals surface area contributed by atoms with Crippen LogP contribution in [0.2, 0.25) is 0 Å². The van der Waals surface area contributed by atoms with Crippen LogP contribution in [0, 0.1) is 6.92 Å². The van der Waals surface area contributed by atoms with Crippen LogP contribution < -0.4 is 4.74 Å². The van der Waals surface area contributed by atoms with E-state index >= 15 is 0 Å². The fourth-order valence-electron chi connectivity index (χ4n) is 2.10. The SMILES string of the molecule is Cc1cc(OCCCc2ccccc2)ccc1S(=O)(=O)Cl. The molecule has 0 bridgehead atoms. The molecular formula is C16H17ClO3S. The Labute approximate surface area is 129 Å². The highest BCUT2D eigenvalue weighted by Gasteiger charge is 2.13. The Kier molecular flexibility index (Phi) is 5.26. The molecule has 0 spiro atoms. The molecule has 0 N–H and O–H groups in total. The average Bonchev–Trinajstić information content (AvgIpc) is 2.43. The number of benzene rings is 2. The Bertz CT molecular complexity index is 697. The molecule has 0 aliphatic heterocycles. The van der Waals surface area contributed by atoms with E-state index in [1.54, 1.807) is 19.1 Å². The van der Waals surface area contributed by atoms with Gasteiger partial charge in [-0.05, 0) is 49.1 Å². The van der Waals surface area contributed by atoms with Gasteiger partial charge in [-0.1, -0.05) is 30.3 Å². The summed E-state index contributed by atoms with van der Waals surface area (Å²) in [6, 6.07) is 15.0. The van der Waals surface area contributed by atoms with E-state index in [-0.39, 0.29) is 4.90 Å². The second kappa shape index (κ2) is 6.96. The molecule has 2 rings (SSSR count). The number of rotatable bonds is 6. The van der Waals surface area contributed by atoms with Gasteiger partial charge < -0.3 is 4.74 Å². The van der Waals surface area contributed by atoms with Crippen molar-refractivity contribution >= 4 is 19.7 Å². The van der Waals surface area contributed by atoms with Crippen LogP contribution in [-0.2, 0) is 15.5 Å². The molecule has 21 heavy (non-hydrogen) atoms. The summed E-state index contributed by atoms with van der Waals surface area (Å²) >= 11 is 0. The van der Waals surface area contributed by atoms with E-state index in [0.717, 1.165) is 12.8 Å².